The van der Waals surface area contributed by atoms with Crippen molar-refractivity contribution in [3.63, 3.8) is 0 Å². The Kier molecular flexibility index (Phi) is 5.86. The number of ether oxygens (including phenoxy) is 2. The summed E-state index contributed by atoms with van der Waals surface area (Å²) in [4.78, 5) is 2.48. The summed E-state index contributed by atoms with van der Waals surface area (Å²) in [7, 11) is 3.38. The lowest BCUT2D eigenvalue weighted by Crippen LogP contribution is -2.30. The highest BCUT2D eigenvalue weighted by atomic mass is 79.9. The predicted molar refractivity (Wildman–Crippen MR) is 94.1 cm³/mol. The molecule has 0 aromatic heterocycles. The fourth-order valence-electron chi connectivity index (χ4n) is 2.92. The molecule has 3 nitrogen and oxygen atoms in total. The maximum atomic E-state index is 5.41. The van der Waals surface area contributed by atoms with Crippen LogP contribution in [0.1, 0.15) is 16.7 Å². The number of nitrogens with zero attached hydrogens (tertiary/aromatic N) is 1. The number of hydrogen-bond acceptors (Lipinski definition) is 3. The van der Waals surface area contributed by atoms with Crippen molar-refractivity contribution in [1.29, 1.82) is 0 Å². The Balaban J connectivity index is 0.00000176. The monoisotopic (exact) mass is 363 g/mol. The van der Waals surface area contributed by atoms with Crippen LogP contribution < -0.4 is 9.47 Å². The summed E-state index contributed by atoms with van der Waals surface area (Å²) in [5, 5.41) is 0. The molecule has 3 rings (SSSR count). The standard InChI is InChI=1S/C18H21NO2.BrH/c1-20-17-10-15-8-9-19(12-14-6-4-3-5-7-14)13-16(15)11-18(17)21-2;/h3-7,10-11H,8-9,12-13H2,1-2H3;1H. The molecule has 0 aliphatic carbocycles. The molecule has 0 atom stereocenters. The van der Waals surface area contributed by atoms with E-state index in [1.807, 2.05) is 0 Å². The number of methoxy groups -OCH3 is 2. The molecule has 0 fully saturated rings. The van der Waals surface area contributed by atoms with Crippen LogP contribution in [-0.2, 0) is 19.5 Å². The van der Waals surface area contributed by atoms with Gasteiger partial charge in [-0.05, 0) is 35.2 Å². The van der Waals surface area contributed by atoms with Crippen LogP contribution in [0.5, 0.6) is 11.5 Å². The van der Waals surface area contributed by atoms with E-state index >= 15 is 0 Å². The van der Waals surface area contributed by atoms with E-state index in [4.69, 9.17) is 9.47 Å². The fraction of sp³-hybridized carbons (Fsp3) is 0.333. The van der Waals surface area contributed by atoms with E-state index in [-0.39, 0.29) is 17.0 Å². The molecule has 0 bridgehead atoms. The minimum absolute atomic E-state index is 0. The third-order valence-electron chi connectivity index (χ3n) is 4.05. The van der Waals surface area contributed by atoms with Crippen molar-refractivity contribution < 1.29 is 9.47 Å². The van der Waals surface area contributed by atoms with Crippen LogP contribution in [0.3, 0.4) is 0 Å². The van der Waals surface area contributed by atoms with Gasteiger partial charge in [-0.1, -0.05) is 30.3 Å². The Morgan fingerprint density at radius 2 is 1.59 bits per heavy atom. The summed E-state index contributed by atoms with van der Waals surface area (Å²) in [5.74, 6) is 1.64. The molecule has 118 valence electrons. The van der Waals surface area contributed by atoms with Crippen LogP contribution in [-0.4, -0.2) is 25.7 Å². The second-order valence-corrected chi connectivity index (χ2v) is 5.42. The molecule has 2 aromatic carbocycles. The molecule has 2 aromatic rings. The second kappa shape index (κ2) is 7.65. The van der Waals surface area contributed by atoms with Gasteiger partial charge in [0.25, 0.3) is 0 Å². The van der Waals surface area contributed by atoms with Gasteiger partial charge in [0.15, 0.2) is 11.5 Å². The normalized spacial score (nSPS) is 13.9. The number of rotatable bonds is 4. The molecular formula is C18H22BrNO2. The highest BCUT2D eigenvalue weighted by Crippen LogP contribution is 2.33. The van der Waals surface area contributed by atoms with E-state index in [1.54, 1.807) is 14.2 Å². The van der Waals surface area contributed by atoms with Gasteiger partial charge in [0, 0.05) is 19.6 Å². The van der Waals surface area contributed by atoms with Crippen LogP contribution in [0.2, 0.25) is 0 Å². The van der Waals surface area contributed by atoms with Crippen LogP contribution in [0.15, 0.2) is 42.5 Å². The molecule has 0 N–H and O–H groups in total. The molecule has 0 spiro atoms. The van der Waals surface area contributed by atoms with E-state index in [1.165, 1.54) is 16.7 Å². The average molecular weight is 364 g/mol. The first-order valence-electron chi connectivity index (χ1n) is 7.30. The Bertz CT molecular complexity index is 616. The van der Waals surface area contributed by atoms with E-state index in [0.717, 1.165) is 37.6 Å². The second-order valence-electron chi connectivity index (χ2n) is 5.42. The third-order valence-corrected chi connectivity index (χ3v) is 4.05. The molecule has 1 aliphatic heterocycles. The summed E-state index contributed by atoms with van der Waals surface area (Å²) in [5.41, 5.74) is 4.08. The quantitative estimate of drug-likeness (QED) is 0.823. The lowest BCUT2D eigenvalue weighted by molar-refractivity contribution is 0.244. The van der Waals surface area contributed by atoms with E-state index in [0.29, 0.717) is 0 Å². The average Bonchev–Trinajstić information content (AvgIpc) is 2.54. The van der Waals surface area contributed by atoms with Gasteiger partial charge in [-0.2, -0.15) is 0 Å². The van der Waals surface area contributed by atoms with E-state index in [9.17, 15) is 0 Å². The van der Waals surface area contributed by atoms with Crippen molar-refractivity contribution in [2.75, 3.05) is 20.8 Å². The predicted octanol–water partition coefficient (Wildman–Crippen LogP) is 3.84. The summed E-state index contributed by atoms with van der Waals surface area (Å²) in [6.07, 6.45) is 1.06. The number of benzene rings is 2. The zero-order valence-electron chi connectivity index (χ0n) is 13.0. The molecule has 0 saturated heterocycles. The van der Waals surface area contributed by atoms with Gasteiger partial charge in [0.2, 0.25) is 0 Å². The zero-order chi connectivity index (χ0) is 14.7. The number of hydrogen-bond donors (Lipinski definition) is 0. The first-order valence-corrected chi connectivity index (χ1v) is 7.30. The number of halogens is 1. The van der Waals surface area contributed by atoms with Crippen molar-refractivity contribution in [2.45, 2.75) is 19.5 Å². The van der Waals surface area contributed by atoms with Gasteiger partial charge in [-0.3, -0.25) is 4.90 Å². The highest BCUT2D eigenvalue weighted by molar-refractivity contribution is 8.93. The summed E-state index contributed by atoms with van der Waals surface area (Å²) < 4.78 is 10.8. The Morgan fingerprint density at radius 1 is 0.955 bits per heavy atom. The first kappa shape index (κ1) is 16.8. The summed E-state index contributed by atoms with van der Waals surface area (Å²) in [6.45, 7) is 3.04. The van der Waals surface area contributed by atoms with Crippen molar-refractivity contribution >= 4 is 17.0 Å². The first-order chi connectivity index (χ1) is 10.3. The molecule has 0 amide bonds. The number of fused-ring (bicyclic) bond motifs is 1. The van der Waals surface area contributed by atoms with E-state index < -0.39 is 0 Å². The molecule has 4 heteroatoms. The largest absolute Gasteiger partial charge is 0.493 e. The van der Waals surface area contributed by atoms with E-state index in [2.05, 4.69) is 47.4 Å². The Labute approximate surface area is 142 Å². The minimum atomic E-state index is 0. The van der Waals surface area contributed by atoms with Crippen molar-refractivity contribution in [3.8, 4) is 11.5 Å². The lowest BCUT2D eigenvalue weighted by atomic mass is 9.98. The Hall–Kier alpha value is -1.52. The van der Waals surface area contributed by atoms with Crippen LogP contribution in [0.4, 0.5) is 0 Å². The maximum Gasteiger partial charge on any atom is 0.161 e. The smallest absolute Gasteiger partial charge is 0.161 e. The van der Waals surface area contributed by atoms with Crippen LogP contribution >= 0.6 is 17.0 Å². The van der Waals surface area contributed by atoms with Gasteiger partial charge in [0.05, 0.1) is 14.2 Å². The molecular weight excluding hydrogens is 342 g/mol. The van der Waals surface area contributed by atoms with Crippen LogP contribution in [0, 0.1) is 0 Å². The van der Waals surface area contributed by atoms with Crippen LogP contribution in [0.25, 0.3) is 0 Å². The molecule has 1 heterocycles. The minimum Gasteiger partial charge on any atom is -0.493 e. The van der Waals surface area contributed by atoms with Gasteiger partial charge >= 0.3 is 0 Å². The SMILES string of the molecule is Br.COc1cc2c(cc1OC)CN(Cc1ccccc1)CC2. The molecule has 0 unspecified atom stereocenters. The molecule has 1 aliphatic rings. The molecule has 22 heavy (non-hydrogen) atoms. The zero-order valence-corrected chi connectivity index (χ0v) is 14.8. The molecule has 0 radical (unpaired) electrons. The topological polar surface area (TPSA) is 21.7 Å². The maximum absolute atomic E-state index is 5.41. The van der Waals surface area contributed by atoms with Gasteiger partial charge in [0.1, 0.15) is 0 Å². The lowest BCUT2D eigenvalue weighted by Gasteiger charge is -2.29. The van der Waals surface area contributed by atoms with Gasteiger partial charge in [-0.25, -0.2) is 0 Å². The highest BCUT2D eigenvalue weighted by Gasteiger charge is 2.19. The van der Waals surface area contributed by atoms with Crippen molar-refractivity contribution in [3.05, 3.63) is 59.2 Å². The third kappa shape index (κ3) is 3.62. The van der Waals surface area contributed by atoms with Crippen molar-refractivity contribution in [2.24, 2.45) is 0 Å². The van der Waals surface area contributed by atoms with Crippen molar-refractivity contribution in [1.82, 2.24) is 4.90 Å². The van der Waals surface area contributed by atoms with Gasteiger partial charge in [-0.15, -0.1) is 17.0 Å². The fourth-order valence-corrected chi connectivity index (χ4v) is 2.92. The Morgan fingerprint density at radius 3 is 2.23 bits per heavy atom. The summed E-state index contributed by atoms with van der Waals surface area (Å²) >= 11 is 0. The summed E-state index contributed by atoms with van der Waals surface area (Å²) in [6, 6.07) is 14.9. The van der Waals surface area contributed by atoms with Gasteiger partial charge < -0.3 is 9.47 Å². The molecule has 0 saturated carbocycles.